The molecule has 1 amide bonds. The molecule has 1 saturated heterocycles. The van der Waals surface area contributed by atoms with E-state index in [9.17, 15) is 4.79 Å². The molecule has 4 heterocycles. The van der Waals surface area contributed by atoms with Gasteiger partial charge < -0.3 is 9.30 Å². The highest BCUT2D eigenvalue weighted by atomic mass is 16.2. The molecule has 0 saturated carbocycles. The number of likely N-dealkylation sites (N-methyl/N-ethyl adjacent to an activating group) is 1. The fraction of sp³-hybridized carbons (Fsp3) is 0.240. The van der Waals surface area contributed by atoms with Crippen LogP contribution in [0, 0.1) is 6.92 Å². The summed E-state index contributed by atoms with van der Waals surface area (Å²) in [5, 5.41) is 0. The molecule has 0 spiro atoms. The zero-order chi connectivity index (χ0) is 21.4. The standard InChI is InChI=1S/C25H25N5O/c1-18-5-3-6-19(13-18)25(31)29-12-11-28(2)23(16-29)24-22-9-8-21(15-30(22)17-27-24)20-7-4-10-26-14-20/h3-10,13-15,17,23H,11-12,16H2,1-2H3. The Morgan fingerprint density at radius 2 is 1.97 bits per heavy atom. The van der Waals surface area contributed by atoms with Gasteiger partial charge in [-0.25, -0.2) is 4.98 Å². The number of pyridine rings is 2. The van der Waals surface area contributed by atoms with E-state index in [1.54, 1.807) is 6.20 Å². The number of rotatable bonds is 3. The van der Waals surface area contributed by atoms with Gasteiger partial charge in [-0.15, -0.1) is 0 Å². The van der Waals surface area contributed by atoms with E-state index >= 15 is 0 Å². The van der Waals surface area contributed by atoms with Gasteiger partial charge >= 0.3 is 0 Å². The smallest absolute Gasteiger partial charge is 0.253 e. The first-order valence-electron chi connectivity index (χ1n) is 10.5. The van der Waals surface area contributed by atoms with E-state index in [0.717, 1.165) is 46.6 Å². The number of piperazine rings is 1. The van der Waals surface area contributed by atoms with Crippen LogP contribution < -0.4 is 0 Å². The maximum absolute atomic E-state index is 13.1. The number of benzene rings is 1. The minimum Gasteiger partial charge on any atom is -0.335 e. The topological polar surface area (TPSA) is 53.7 Å². The van der Waals surface area contributed by atoms with Crippen LogP contribution in [0.5, 0.6) is 0 Å². The lowest BCUT2D eigenvalue weighted by Crippen LogP contribution is -2.49. The predicted octanol–water partition coefficient (Wildman–Crippen LogP) is 3.83. The van der Waals surface area contributed by atoms with Gasteiger partial charge in [0.25, 0.3) is 5.91 Å². The highest BCUT2D eigenvalue weighted by Gasteiger charge is 2.31. The van der Waals surface area contributed by atoms with Crippen LogP contribution in [0.15, 0.2) is 73.4 Å². The lowest BCUT2D eigenvalue weighted by Gasteiger charge is -2.39. The number of aromatic nitrogens is 3. The summed E-state index contributed by atoms with van der Waals surface area (Å²) in [7, 11) is 2.11. The van der Waals surface area contributed by atoms with Crippen molar-refractivity contribution in [3.05, 3.63) is 90.3 Å². The van der Waals surface area contributed by atoms with Crippen LogP contribution in [-0.2, 0) is 0 Å². The van der Waals surface area contributed by atoms with Gasteiger partial charge in [0.05, 0.1) is 23.6 Å². The molecule has 5 rings (SSSR count). The first-order valence-corrected chi connectivity index (χ1v) is 10.5. The van der Waals surface area contributed by atoms with Crippen molar-refractivity contribution in [2.45, 2.75) is 13.0 Å². The van der Waals surface area contributed by atoms with Crippen LogP contribution in [0.25, 0.3) is 16.6 Å². The second-order valence-electron chi connectivity index (χ2n) is 8.20. The van der Waals surface area contributed by atoms with Crippen molar-refractivity contribution in [2.24, 2.45) is 0 Å². The van der Waals surface area contributed by atoms with Crippen molar-refractivity contribution in [1.29, 1.82) is 0 Å². The predicted molar refractivity (Wildman–Crippen MR) is 121 cm³/mol. The van der Waals surface area contributed by atoms with E-state index in [-0.39, 0.29) is 11.9 Å². The summed E-state index contributed by atoms with van der Waals surface area (Å²) in [6.07, 6.45) is 7.59. The minimum absolute atomic E-state index is 0.0525. The van der Waals surface area contributed by atoms with Gasteiger partial charge in [0.15, 0.2) is 0 Å². The van der Waals surface area contributed by atoms with Gasteiger partial charge in [0.2, 0.25) is 0 Å². The fourth-order valence-electron chi connectivity index (χ4n) is 4.30. The molecule has 1 aliphatic rings. The summed E-state index contributed by atoms with van der Waals surface area (Å²) >= 11 is 0. The molecule has 1 aliphatic heterocycles. The van der Waals surface area contributed by atoms with Crippen LogP contribution in [0.2, 0.25) is 0 Å². The zero-order valence-corrected chi connectivity index (χ0v) is 17.8. The quantitative estimate of drug-likeness (QED) is 0.514. The SMILES string of the molecule is Cc1cccc(C(=O)N2CCN(C)C(c3ncn4cc(-c5cccnc5)ccc34)C2)c1. The molecule has 0 N–H and O–H groups in total. The molecule has 0 bridgehead atoms. The lowest BCUT2D eigenvalue weighted by atomic mass is 10.0. The molecular weight excluding hydrogens is 386 g/mol. The minimum atomic E-state index is 0.0525. The maximum Gasteiger partial charge on any atom is 0.253 e. The molecular formula is C25H25N5O. The number of aryl methyl sites for hydroxylation is 1. The van der Waals surface area contributed by atoms with E-state index in [0.29, 0.717) is 6.54 Å². The van der Waals surface area contributed by atoms with E-state index in [2.05, 4.69) is 45.7 Å². The van der Waals surface area contributed by atoms with Crippen molar-refractivity contribution < 1.29 is 4.79 Å². The highest BCUT2D eigenvalue weighted by Crippen LogP contribution is 2.29. The monoisotopic (exact) mass is 411 g/mol. The molecule has 0 aliphatic carbocycles. The maximum atomic E-state index is 13.1. The molecule has 156 valence electrons. The number of hydrogen-bond acceptors (Lipinski definition) is 4. The molecule has 1 atom stereocenters. The van der Waals surface area contributed by atoms with Gasteiger partial charge in [-0.2, -0.15) is 0 Å². The average Bonchev–Trinajstić information content (AvgIpc) is 3.22. The van der Waals surface area contributed by atoms with Gasteiger partial charge in [0, 0.05) is 49.4 Å². The van der Waals surface area contributed by atoms with Gasteiger partial charge in [-0.05, 0) is 43.8 Å². The second kappa shape index (κ2) is 7.96. The van der Waals surface area contributed by atoms with Crippen LogP contribution in [-0.4, -0.2) is 56.8 Å². The van der Waals surface area contributed by atoms with Crippen molar-refractivity contribution in [3.63, 3.8) is 0 Å². The van der Waals surface area contributed by atoms with Crippen LogP contribution >= 0.6 is 0 Å². The Kier molecular flexibility index (Phi) is 5.00. The fourth-order valence-corrected chi connectivity index (χ4v) is 4.30. The molecule has 1 fully saturated rings. The molecule has 0 radical (unpaired) electrons. The number of fused-ring (bicyclic) bond motifs is 1. The Morgan fingerprint density at radius 3 is 2.77 bits per heavy atom. The van der Waals surface area contributed by atoms with Gasteiger partial charge in [-0.1, -0.05) is 29.8 Å². The normalized spacial score (nSPS) is 17.2. The van der Waals surface area contributed by atoms with Gasteiger partial charge in [-0.3, -0.25) is 14.7 Å². The van der Waals surface area contributed by atoms with Crippen LogP contribution in [0.4, 0.5) is 0 Å². The lowest BCUT2D eigenvalue weighted by molar-refractivity contribution is 0.0542. The first kappa shape index (κ1) is 19.5. The largest absolute Gasteiger partial charge is 0.335 e. The van der Waals surface area contributed by atoms with Crippen LogP contribution in [0.3, 0.4) is 0 Å². The number of carbonyl (C=O) groups is 1. The average molecular weight is 412 g/mol. The third kappa shape index (κ3) is 3.70. The molecule has 4 aromatic rings. The van der Waals surface area contributed by atoms with Gasteiger partial charge in [0.1, 0.15) is 0 Å². The van der Waals surface area contributed by atoms with Crippen molar-refractivity contribution in [3.8, 4) is 11.1 Å². The van der Waals surface area contributed by atoms with E-state index < -0.39 is 0 Å². The Morgan fingerprint density at radius 1 is 1.06 bits per heavy atom. The zero-order valence-electron chi connectivity index (χ0n) is 17.8. The summed E-state index contributed by atoms with van der Waals surface area (Å²) in [6, 6.07) is 16.1. The third-order valence-corrected chi connectivity index (χ3v) is 6.07. The molecule has 6 heteroatoms. The van der Waals surface area contributed by atoms with Crippen LogP contribution in [0.1, 0.15) is 27.7 Å². The second-order valence-corrected chi connectivity index (χ2v) is 8.20. The van der Waals surface area contributed by atoms with Crippen molar-refractivity contribution in [2.75, 3.05) is 26.7 Å². The molecule has 1 aromatic carbocycles. The van der Waals surface area contributed by atoms with E-state index in [1.807, 2.05) is 54.7 Å². The summed E-state index contributed by atoms with van der Waals surface area (Å²) in [6.45, 7) is 4.17. The van der Waals surface area contributed by atoms with Crippen molar-refractivity contribution in [1.82, 2.24) is 24.2 Å². The first-order chi connectivity index (χ1) is 15.1. The molecule has 1 unspecified atom stereocenters. The molecule has 6 nitrogen and oxygen atoms in total. The summed E-state index contributed by atoms with van der Waals surface area (Å²) < 4.78 is 2.06. The Hall–Kier alpha value is -3.51. The Labute approximate surface area is 181 Å². The highest BCUT2D eigenvalue weighted by molar-refractivity contribution is 5.94. The number of amides is 1. The molecule has 31 heavy (non-hydrogen) atoms. The number of imidazole rings is 1. The summed E-state index contributed by atoms with van der Waals surface area (Å²) in [4.78, 5) is 26.3. The number of carbonyl (C=O) groups excluding carboxylic acids is 1. The van der Waals surface area contributed by atoms with Crippen molar-refractivity contribution >= 4 is 11.4 Å². The Bertz CT molecular complexity index is 1230. The Balaban J connectivity index is 1.44. The number of nitrogens with zero attached hydrogens (tertiary/aromatic N) is 5. The third-order valence-electron chi connectivity index (χ3n) is 6.07. The van der Waals surface area contributed by atoms with E-state index in [1.165, 1.54) is 0 Å². The summed E-state index contributed by atoms with van der Waals surface area (Å²) in [5.41, 5.74) is 6.08. The van der Waals surface area contributed by atoms with E-state index in [4.69, 9.17) is 4.98 Å². The summed E-state index contributed by atoms with van der Waals surface area (Å²) in [5.74, 6) is 0.0872. The molecule has 3 aromatic heterocycles. The number of hydrogen-bond donors (Lipinski definition) is 0.